The number of nitrogens with zero attached hydrogens (tertiary/aromatic N) is 4. The van der Waals surface area contributed by atoms with Crippen molar-refractivity contribution >= 4 is 9.84 Å². The molecule has 0 amide bonds. The molecular formula is C29H29FN4O3S. The summed E-state index contributed by atoms with van der Waals surface area (Å²) in [5.41, 5.74) is 3.55. The van der Waals surface area contributed by atoms with Crippen molar-refractivity contribution in [3.8, 4) is 28.7 Å². The molecule has 1 aromatic carbocycles. The van der Waals surface area contributed by atoms with Crippen molar-refractivity contribution in [3.63, 3.8) is 0 Å². The number of pyridine rings is 1. The average molecular weight is 533 g/mol. The molecule has 0 bridgehead atoms. The Morgan fingerprint density at radius 3 is 2.71 bits per heavy atom. The number of aliphatic hydroxyl groups is 1. The summed E-state index contributed by atoms with van der Waals surface area (Å²) in [5, 5.41) is 20.5. The molecule has 0 aliphatic heterocycles. The first-order chi connectivity index (χ1) is 18.0. The van der Waals surface area contributed by atoms with E-state index < -0.39 is 15.3 Å². The van der Waals surface area contributed by atoms with Gasteiger partial charge in [0.2, 0.25) is 0 Å². The molecule has 3 aromatic rings. The van der Waals surface area contributed by atoms with Gasteiger partial charge in [-0.05, 0) is 49.4 Å². The van der Waals surface area contributed by atoms with Crippen LogP contribution >= 0.6 is 0 Å². The minimum Gasteiger partial charge on any atom is -0.511 e. The quantitative estimate of drug-likeness (QED) is 0.484. The summed E-state index contributed by atoms with van der Waals surface area (Å²) in [6.07, 6.45) is 4.75. The van der Waals surface area contributed by atoms with Crippen molar-refractivity contribution in [2.24, 2.45) is 11.8 Å². The van der Waals surface area contributed by atoms with E-state index in [0.29, 0.717) is 46.8 Å². The number of halogens is 1. The number of allylic oxidation sites excluding steroid dienone is 2. The highest BCUT2D eigenvalue weighted by Crippen LogP contribution is 2.54. The molecule has 2 heterocycles. The van der Waals surface area contributed by atoms with E-state index in [1.807, 2.05) is 6.92 Å². The van der Waals surface area contributed by atoms with Gasteiger partial charge in [-0.1, -0.05) is 26.0 Å². The first-order valence-corrected chi connectivity index (χ1v) is 14.7. The van der Waals surface area contributed by atoms with Crippen LogP contribution in [0.5, 0.6) is 0 Å². The van der Waals surface area contributed by atoms with Crippen LogP contribution in [0.3, 0.4) is 0 Å². The third-order valence-electron chi connectivity index (χ3n) is 8.03. The normalized spacial score (nSPS) is 22.9. The number of sulfone groups is 1. The van der Waals surface area contributed by atoms with Gasteiger partial charge in [-0.15, -0.1) is 0 Å². The monoisotopic (exact) mass is 532 g/mol. The predicted octanol–water partition coefficient (Wildman–Crippen LogP) is 5.13. The van der Waals surface area contributed by atoms with E-state index in [0.717, 1.165) is 17.7 Å². The fourth-order valence-corrected chi connectivity index (χ4v) is 6.65. The topological polar surface area (TPSA) is 117 Å². The van der Waals surface area contributed by atoms with Crippen molar-refractivity contribution in [3.05, 3.63) is 76.7 Å². The zero-order valence-electron chi connectivity index (χ0n) is 21.6. The van der Waals surface area contributed by atoms with E-state index in [2.05, 4.69) is 18.0 Å². The Kier molecular flexibility index (Phi) is 6.56. The second-order valence-electron chi connectivity index (χ2n) is 10.6. The lowest BCUT2D eigenvalue weighted by molar-refractivity contribution is 0.136. The SMILES string of the molecule is C[C@H]1C(O)=C(C#N)C[C@@]2(C)c3nc(-c4ccnc(CCS(C)(=O)=O)c4)nc(-c4ccccc4F)c3CC[C@H]12. The number of hydrogen-bond acceptors (Lipinski definition) is 7. The summed E-state index contributed by atoms with van der Waals surface area (Å²) in [6, 6.07) is 12.2. The van der Waals surface area contributed by atoms with E-state index in [1.165, 1.54) is 12.3 Å². The Labute approximate surface area is 222 Å². The fraction of sp³-hybridized carbons (Fsp3) is 0.379. The zero-order valence-corrected chi connectivity index (χ0v) is 22.4. The van der Waals surface area contributed by atoms with E-state index in [1.54, 1.807) is 36.5 Å². The summed E-state index contributed by atoms with van der Waals surface area (Å²) >= 11 is 0. The van der Waals surface area contributed by atoms with Crippen LogP contribution in [-0.2, 0) is 28.1 Å². The average Bonchev–Trinajstić information content (AvgIpc) is 2.89. The van der Waals surface area contributed by atoms with Gasteiger partial charge in [0.1, 0.15) is 21.4 Å². The zero-order chi connectivity index (χ0) is 27.2. The highest BCUT2D eigenvalue weighted by Gasteiger charge is 2.50. The Morgan fingerprint density at radius 2 is 2.00 bits per heavy atom. The molecular weight excluding hydrogens is 503 g/mol. The van der Waals surface area contributed by atoms with Crippen LogP contribution in [0.15, 0.2) is 53.9 Å². The van der Waals surface area contributed by atoms with Crippen LogP contribution in [0.25, 0.3) is 22.6 Å². The van der Waals surface area contributed by atoms with Crippen LogP contribution in [0.4, 0.5) is 4.39 Å². The van der Waals surface area contributed by atoms with E-state index >= 15 is 4.39 Å². The fourth-order valence-electron chi connectivity index (χ4n) is 6.07. The lowest BCUT2D eigenvalue weighted by atomic mass is 9.56. The largest absolute Gasteiger partial charge is 0.511 e. The van der Waals surface area contributed by atoms with Gasteiger partial charge in [0.05, 0.1) is 28.8 Å². The summed E-state index contributed by atoms with van der Waals surface area (Å²) < 4.78 is 38.5. The van der Waals surface area contributed by atoms with E-state index in [9.17, 15) is 18.8 Å². The molecule has 0 unspecified atom stereocenters. The van der Waals surface area contributed by atoms with E-state index in [-0.39, 0.29) is 35.6 Å². The van der Waals surface area contributed by atoms with Crippen molar-refractivity contribution in [2.45, 2.75) is 44.9 Å². The summed E-state index contributed by atoms with van der Waals surface area (Å²) in [7, 11) is -3.16. The van der Waals surface area contributed by atoms with Crippen LogP contribution in [0, 0.1) is 29.0 Å². The summed E-state index contributed by atoms with van der Waals surface area (Å²) in [6.45, 7) is 4.01. The number of hydrogen-bond donors (Lipinski definition) is 1. The minimum atomic E-state index is -3.16. The third kappa shape index (κ3) is 4.58. The smallest absolute Gasteiger partial charge is 0.160 e. The first kappa shape index (κ1) is 26.0. The van der Waals surface area contributed by atoms with Gasteiger partial charge >= 0.3 is 0 Å². The molecule has 2 aliphatic rings. The maximum Gasteiger partial charge on any atom is 0.160 e. The predicted molar refractivity (Wildman–Crippen MR) is 142 cm³/mol. The van der Waals surface area contributed by atoms with Crippen molar-refractivity contribution < 1.29 is 17.9 Å². The number of benzene rings is 1. The Balaban J connectivity index is 1.72. The number of aromatic nitrogens is 3. The van der Waals surface area contributed by atoms with Crippen molar-refractivity contribution in [1.29, 1.82) is 5.26 Å². The molecule has 2 aromatic heterocycles. The maximum absolute atomic E-state index is 15.1. The van der Waals surface area contributed by atoms with Crippen LogP contribution in [0.2, 0.25) is 0 Å². The molecule has 2 aliphatic carbocycles. The summed E-state index contributed by atoms with van der Waals surface area (Å²) in [4.78, 5) is 14.2. The highest BCUT2D eigenvalue weighted by atomic mass is 32.2. The third-order valence-corrected chi connectivity index (χ3v) is 8.97. The van der Waals surface area contributed by atoms with Gasteiger partial charge < -0.3 is 5.11 Å². The molecule has 0 saturated carbocycles. The maximum atomic E-state index is 15.1. The molecule has 5 rings (SSSR count). The number of nitriles is 1. The van der Waals surface area contributed by atoms with Crippen molar-refractivity contribution in [2.75, 3.05) is 12.0 Å². The molecule has 0 fully saturated rings. The van der Waals surface area contributed by atoms with Crippen molar-refractivity contribution in [1.82, 2.24) is 15.0 Å². The molecule has 0 spiro atoms. The Morgan fingerprint density at radius 1 is 1.24 bits per heavy atom. The Hall–Kier alpha value is -3.64. The second kappa shape index (κ2) is 9.59. The molecule has 9 heteroatoms. The molecule has 1 N–H and O–H groups in total. The van der Waals surface area contributed by atoms with Gasteiger partial charge in [0.15, 0.2) is 5.82 Å². The van der Waals surface area contributed by atoms with Gasteiger partial charge in [0, 0.05) is 52.6 Å². The van der Waals surface area contributed by atoms with Gasteiger partial charge in [-0.25, -0.2) is 22.8 Å². The molecule has 38 heavy (non-hydrogen) atoms. The lowest BCUT2D eigenvalue weighted by Crippen LogP contribution is -2.45. The van der Waals surface area contributed by atoms with Crippen LogP contribution in [0.1, 0.15) is 43.6 Å². The van der Waals surface area contributed by atoms with Gasteiger partial charge in [0.25, 0.3) is 0 Å². The molecule has 196 valence electrons. The number of aryl methyl sites for hydroxylation is 1. The lowest BCUT2D eigenvalue weighted by Gasteiger charge is -2.48. The second-order valence-corrected chi connectivity index (χ2v) is 12.9. The Bertz CT molecular complexity index is 1610. The summed E-state index contributed by atoms with van der Waals surface area (Å²) in [5.74, 6) is -0.0493. The highest BCUT2D eigenvalue weighted by molar-refractivity contribution is 7.90. The van der Waals surface area contributed by atoms with E-state index in [4.69, 9.17) is 9.97 Å². The molecule has 0 radical (unpaired) electrons. The molecule has 0 saturated heterocycles. The van der Waals surface area contributed by atoms with Gasteiger partial charge in [-0.3, -0.25) is 4.98 Å². The number of rotatable bonds is 5. The standard InChI is InChI=1S/C29H29FN4O3S/c1-17-23-9-8-22-25(21-6-4-5-7-24(21)30)33-28(18-10-12-32-20(14-18)11-13-38(3,36)37)34-27(22)29(23,2)15-19(16-31)26(17)35/h4-7,10,12,14,17,23,35H,8-9,11,13,15H2,1-3H3/t17-,23-,29-/m1/s1. The first-order valence-electron chi connectivity index (χ1n) is 12.6. The number of aliphatic hydroxyl groups excluding tert-OH is 1. The van der Waals surface area contributed by atoms with Crippen LogP contribution in [-0.4, -0.2) is 40.5 Å². The number of fused-ring (bicyclic) bond motifs is 3. The minimum absolute atomic E-state index is 0.0284. The molecule has 7 nitrogen and oxygen atoms in total. The van der Waals surface area contributed by atoms with Gasteiger partial charge in [-0.2, -0.15) is 5.26 Å². The molecule has 3 atom stereocenters. The van der Waals surface area contributed by atoms with Crippen LogP contribution < -0.4 is 0 Å².